The van der Waals surface area contributed by atoms with E-state index in [1.165, 1.54) is 51.0 Å². The summed E-state index contributed by atoms with van der Waals surface area (Å²) in [7, 11) is 3.63. The molecule has 2 aliphatic rings. The van der Waals surface area contributed by atoms with Gasteiger partial charge in [0.2, 0.25) is 0 Å². The zero-order chi connectivity index (χ0) is 18.9. The zero-order valence-electron chi connectivity index (χ0n) is 17.0. The van der Waals surface area contributed by atoms with Gasteiger partial charge in [-0.1, -0.05) is 12.1 Å². The quantitative estimate of drug-likeness (QED) is 0.451. The van der Waals surface area contributed by atoms with Crippen molar-refractivity contribution in [2.45, 2.75) is 25.7 Å². The minimum absolute atomic E-state index is 0.950. The Balaban J connectivity index is 1.39. The fourth-order valence-corrected chi connectivity index (χ4v) is 4.05. The van der Waals surface area contributed by atoms with E-state index in [1.54, 1.807) is 7.11 Å². The second-order valence-electron chi connectivity index (χ2n) is 7.38. The molecule has 2 heterocycles. The smallest absolute Gasteiger partial charge is 0.193 e. The number of aliphatic imine (C=N–C) groups is 1. The number of anilines is 1. The summed E-state index contributed by atoms with van der Waals surface area (Å²) in [6.45, 7) is 8.77. The molecule has 6 nitrogen and oxygen atoms in total. The molecule has 0 spiro atoms. The highest BCUT2D eigenvalue weighted by atomic mass is 16.5. The van der Waals surface area contributed by atoms with Crippen molar-refractivity contribution in [2.75, 3.05) is 71.4 Å². The van der Waals surface area contributed by atoms with E-state index in [4.69, 9.17) is 4.74 Å². The number of methoxy groups -OCH3 is 1. The van der Waals surface area contributed by atoms with Crippen molar-refractivity contribution in [2.24, 2.45) is 4.99 Å². The molecule has 0 aliphatic carbocycles. The van der Waals surface area contributed by atoms with Gasteiger partial charge >= 0.3 is 0 Å². The molecule has 0 radical (unpaired) electrons. The number of nitrogens with one attached hydrogen (secondary N) is 1. The van der Waals surface area contributed by atoms with Gasteiger partial charge in [-0.25, -0.2) is 0 Å². The molecule has 0 saturated carbocycles. The molecule has 1 aromatic carbocycles. The number of unbranched alkanes of at least 4 members (excludes halogenated alkanes) is 1. The highest BCUT2D eigenvalue weighted by molar-refractivity contribution is 5.80. The van der Waals surface area contributed by atoms with Gasteiger partial charge in [0.1, 0.15) is 5.75 Å². The van der Waals surface area contributed by atoms with E-state index < -0.39 is 0 Å². The van der Waals surface area contributed by atoms with Crippen LogP contribution in [-0.4, -0.2) is 82.3 Å². The second-order valence-corrected chi connectivity index (χ2v) is 7.38. The summed E-state index contributed by atoms with van der Waals surface area (Å²) < 4.78 is 5.51. The van der Waals surface area contributed by atoms with E-state index in [1.807, 2.05) is 19.2 Å². The SMILES string of the molecule is CN=C(NCCCCN1CCCC1)N1CCN(c2ccccc2OC)CC1. The molecule has 1 N–H and O–H groups in total. The number of piperazine rings is 1. The third-order valence-corrected chi connectivity index (χ3v) is 5.60. The summed E-state index contributed by atoms with van der Waals surface area (Å²) in [6, 6.07) is 8.27. The van der Waals surface area contributed by atoms with Gasteiger partial charge in [-0.05, 0) is 57.5 Å². The first-order chi connectivity index (χ1) is 13.3. The van der Waals surface area contributed by atoms with E-state index in [0.717, 1.165) is 44.4 Å². The van der Waals surface area contributed by atoms with Gasteiger partial charge < -0.3 is 24.8 Å². The number of hydrogen-bond donors (Lipinski definition) is 1. The van der Waals surface area contributed by atoms with Gasteiger partial charge in [0.15, 0.2) is 5.96 Å². The standard InChI is InChI=1S/C21H35N5O/c1-22-21(23-11-5-6-12-24-13-7-8-14-24)26-17-15-25(16-18-26)19-9-3-4-10-20(19)27-2/h3-4,9-10H,5-8,11-18H2,1-2H3,(H,22,23). The Hall–Kier alpha value is -1.95. The molecule has 0 unspecified atom stereocenters. The predicted octanol–water partition coefficient (Wildman–Crippen LogP) is 2.27. The summed E-state index contributed by atoms with van der Waals surface area (Å²) >= 11 is 0. The Labute approximate surface area is 164 Å². The molecule has 2 aliphatic heterocycles. The number of guanidine groups is 1. The van der Waals surface area contributed by atoms with Crippen LogP contribution in [0, 0.1) is 0 Å². The number of likely N-dealkylation sites (tertiary alicyclic amines) is 1. The fraction of sp³-hybridized carbons (Fsp3) is 0.667. The van der Waals surface area contributed by atoms with Crippen molar-refractivity contribution in [1.29, 1.82) is 0 Å². The highest BCUT2D eigenvalue weighted by Crippen LogP contribution is 2.28. The summed E-state index contributed by atoms with van der Waals surface area (Å²) in [4.78, 5) is 11.9. The van der Waals surface area contributed by atoms with Crippen LogP contribution in [0.5, 0.6) is 5.75 Å². The average Bonchev–Trinajstić information content (AvgIpc) is 3.24. The molecule has 0 amide bonds. The van der Waals surface area contributed by atoms with Crippen molar-refractivity contribution in [3.05, 3.63) is 24.3 Å². The molecule has 2 saturated heterocycles. The van der Waals surface area contributed by atoms with E-state index in [0.29, 0.717) is 0 Å². The summed E-state index contributed by atoms with van der Waals surface area (Å²) in [5, 5.41) is 3.56. The van der Waals surface area contributed by atoms with E-state index in [9.17, 15) is 0 Å². The summed E-state index contributed by atoms with van der Waals surface area (Å²) in [5.41, 5.74) is 1.18. The molecule has 6 heteroatoms. The van der Waals surface area contributed by atoms with Gasteiger partial charge in [-0.3, -0.25) is 4.99 Å². The molecule has 1 aromatic rings. The third-order valence-electron chi connectivity index (χ3n) is 5.60. The number of nitrogens with zero attached hydrogens (tertiary/aromatic N) is 4. The summed E-state index contributed by atoms with van der Waals surface area (Å²) in [6.07, 6.45) is 5.24. The summed E-state index contributed by atoms with van der Waals surface area (Å²) in [5.74, 6) is 1.99. The van der Waals surface area contributed by atoms with Gasteiger partial charge in [0, 0.05) is 39.8 Å². The van der Waals surface area contributed by atoms with Crippen LogP contribution in [-0.2, 0) is 0 Å². The molecule has 2 fully saturated rings. The molecule has 0 bridgehead atoms. The Bertz CT molecular complexity index is 592. The third kappa shape index (κ3) is 5.51. The first-order valence-electron chi connectivity index (χ1n) is 10.4. The van der Waals surface area contributed by atoms with Crippen LogP contribution in [0.15, 0.2) is 29.3 Å². The van der Waals surface area contributed by atoms with Crippen LogP contribution in [0.2, 0.25) is 0 Å². The van der Waals surface area contributed by atoms with Crippen molar-refractivity contribution >= 4 is 11.6 Å². The van der Waals surface area contributed by atoms with Gasteiger partial charge in [-0.2, -0.15) is 0 Å². The van der Waals surface area contributed by atoms with Crippen LogP contribution in [0.25, 0.3) is 0 Å². The number of para-hydroxylation sites is 2. The Morgan fingerprint density at radius 1 is 1.04 bits per heavy atom. The van der Waals surface area contributed by atoms with Crippen LogP contribution < -0.4 is 15.0 Å². The lowest BCUT2D eigenvalue weighted by Crippen LogP contribution is -2.52. The minimum atomic E-state index is 0.950. The normalized spacial score (nSPS) is 18.8. The van der Waals surface area contributed by atoms with Crippen LogP contribution in [0.3, 0.4) is 0 Å². The second kappa shape index (κ2) is 10.4. The fourth-order valence-electron chi connectivity index (χ4n) is 4.05. The maximum absolute atomic E-state index is 5.51. The van der Waals surface area contributed by atoms with Crippen LogP contribution in [0.4, 0.5) is 5.69 Å². The number of benzene rings is 1. The zero-order valence-corrected chi connectivity index (χ0v) is 17.0. The van der Waals surface area contributed by atoms with E-state index >= 15 is 0 Å². The van der Waals surface area contributed by atoms with Gasteiger partial charge in [0.25, 0.3) is 0 Å². The predicted molar refractivity (Wildman–Crippen MR) is 113 cm³/mol. The molecule has 3 rings (SSSR count). The maximum atomic E-state index is 5.51. The molecule has 0 aromatic heterocycles. The lowest BCUT2D eigenvalue weighted by atomic mass is 10.2. The number of rotatable bonds is 7. The molecule has 150 valence electrons. The van der Waals surface area contributed by atoms with Crippen molar-refractivity contribution < 1.29 is 4.74 Å². The van der Waals surface area contributed by atoms with Crippen LogP contribution in [0.1, 0.15) is 25.7 Å². The van der Waals surface area contributed by atoms with Gasteiger partial charge in [-0.15, -0.1) is 0 Å². The van der Waals surface area contributed by atoms with E-state index in [2.05, 4.69) is 37.1 Å². The Kier molecular flexibility index (Phi) is 7.63. The van der Waals surface area contributed by atoms with Crippen LogP contribution >= 0.6 is 0 Å². The Morgan fingerprint density at radius 3 is 2.48 bits per heavy atom. The van der Waals surface area contributed by atoms with E-state index in [-0.39, 0.29) is 0 Å². The molecule has 27 heavy (non-hydrogen) atoms. The lowest BCUT2D eigenvalue weighted by molar-refractivity contribution is 0.329. The highest BCUT2D eigenvalue weighted by Gasteiger charge is 2.21. The first kappa shape index (κ1) is 19.8. The monoisotopic (exact) mass is 373 g/mol. The average molecular weight is 374 g/mol. The lowest BCUT2D eigenvalue weighted by Gasteiger charge is -2.38. The topological polar surface area (TPSA) is 43.3 Å². The van der Waals surface area contributed by atoms with Crippen molar-refractivity contribution in [1.82, 2.24) is 15.1 Å². The number of hydrogen-bond acceptors (Lipinski definition) is 4. The molecular formula is C21H35N5O. The Morgan fingerprint density at radius 2 is 1.78 bits per heavy atom. The van der Waals surface area contributed by atoms with Crippen molar-refractivity contribution in [3.8, 4) is 5.75 Å². The van der Waals surface area contributed by atoms with Gasteiger partial charge in [0.05, 0.1) is 12.8 Å². The molecular weight excluding hydrogens is 338 g/mol. The largest absolute Gasteiger partial charge is 0.495 e. The maximum Gasteiger partial charge on any atom is 0.193 e. The number of ether oxygens (including phenoxy) is 1. The first-order valence-corrected chi connectivity index (χ1v) is 10.4. The van der Waals surface area contributed by atoms with Crippen molar-refractivity contribution in [3.63, 3.8) is 0 Å². The minimum Gasteiger partial charge on any atom is -0.495 e. The molecule has 0 atom stereocenters.